The Morgan fingerprint density at radius 3 is 2.52 bits per heavy atom. The third kappa shape index (κ3) is 4.97. The summed E-state index contributed by atoms with van der Waals surface area (Å²) in [6.07, 6.45) is 3.23. The molecule has 8 heteroatoms. The normalized spacial score (nSPS) is 11.9. The van der Waals surface area contributed by atoms with Crippen LogP contribution in [0.25, 0.3) is 11.5 Å². The number of nitrogens with one attached hydrogen (secondary N) is 2. The van der Waals surface area contributed by atoms with Gasteiger partial charge in [-0.05, 0) is 50.2 Å². The molecule has 1 unspecified atom stereocenters. The monoisotopic (exact) mass is 434 g/mol. The second kappa shape index (κ2) is 9.09. The minimum atomic E-state index is -1.20. The first-order valence-electron chi connectivity index (χ1n) is 9.77. The van der Waals surface area contributed by atoms with Crippen LogP contribution in [0, 0.1) is 13.8 Å². The fourth-order valence-corrected chi connectivity index (χ4v) is 4.13. The maximum Gasteiger partial charge on any atom is 0.251 e. The van der Waals surface area contributed by atoms with E-state index in [1.165, 1.54) is 0 Å². The van der Waals surface area contributed by atoms with Crippen LogP contribution in [0.5, 0.6) is 0 Å². The zero-order chi connectivity index (χ0) is 21.8. The molecule has 2 N–H and O–H groups in total. The number of oxazole rings is 1. The van der Waals surface area contributed by atoms with Gasteiger partial charge in [-0.1, -0.05) is 17.7 Å². The van der Waals surface area contributed by atoms with Gasteiger partial charge in [0.2, 0.25) is 5.89 Å². The molecular formula is C23H22N4O3S. The van der Waals surface area contributed by atoms with Crippen molar-refractivity contribution in [1.29, 1.82) is 0 Å². The Kier molecular flexibility index (Phi) is 6.08. The average Bonchev–Trinajstić information content (AvgIpc) is 3.42. The first-order chi connectivity index (χ1) is 15.0. The van der Waals surface area contributed by atoms with Gasteiger partial charge in [0.1, 0.15) is 5.76 Å². The minimum absolute atomic E-state index is 0.182. The van der Waals surface area contributed by atoms with E-state index in [1.807, 2.05) is 38.1 Å². The van der Waals surface area contributed by atoms with Gasteiger partial charge in [-0.25, -0.2) is 9.97 Å². The van der Waals surface area contributed by atoms with Crippen molar-refractivity contribution >= 4 is 16.7 Å². The molecule has 4 aromatic rings. The van der Waals surface area contributed by atoms with Gasteiger partial charge in [0.05, 0.1) is 40.8 Å². The summed E-state index contributed by atoms with van der Waals surface area (Å²) in [5.74, 6) is 1.18. The molecule has 7 nitrogen and oxygen atoms in total. The first-order valence-corrected chi connectivity index (χ1v) is 11.1. The summed E-state index contributed by atoms with van der Waals surface area (Å²) in [5.41, 5.74) is 3.90. The molecule has 0 aliphatic heterocycles. The van der Waals surface area contributed by atoms with Crippen molar-refractivity contribution in [3.05, 3.63) is 89.3 Å². The maximum absolute atomic E-state index is 12.7. The SMILES string of the molecule is Cc1ccc(S(=O)Cc2nc(-c3ccc(C(=O)NCc4cnc[nH]4)cc3)oc2C)cc1. The van der Waals surface area contributed by atoms with Gasteiger partial charge in [0, 0.05) is 22.2 Å². The molecule has 0 saturated heterocycles. The van der Waals surface area contributed by atoms with Gasteiger partial charge in [-0.3, -0.25) is 9.00 Å². The summed E-state index contributed by atoms with van der Waals surface area (Å²) < 4.78 is 18.5. The molecule has 0 spiro atoms. The Balaban J connectivity index is 1.43. The number of benzene rings is 2. The quantitative estimate of drug-likeness (QED) is 0.459. The van der Waals surface area contributed by atoms with Crippen LogP contribution in [0.1, 0.15) is 33.1 Å². The first kappa shape index (κ1) is 20.7. The van der Waals surface area contributed by atoms with E-state index in [-0.39, 0.29) is 11.7 Å². The van der Waals surface area contributed by atoms with Crippen molar-refractivity contribution in [3.8, 4) is 11.5 Å². The molecule has 0 aliphatic rings. The molecule has 0 bridgehead atoms. The van der Waals surface area contributed by atoms with Gasteiger partial charge in [-0.15, -0.1) is 0 Å². The smallest absolute Gasteiger partial charge is 0.251 e. The molecule has 1 atom stereocenters. The third-order valence-electron chi connectivity index (χ3n) is 4.83. The van der Waals surface area contributed by atoms with Crippen LogP contribution >= 0.6 is 0 Å². The summed E-state index contributed by atoms with van der Waals surface area (Å²) in [6.45, 7) is 4.19. The molecule has 158 valence electrons. The number of rotatable bonds is 7. The highest BCUT2D eigenvalue weighted by Crippen LogP contribution is 2.24. The topological polar surface area (TPSA) is 101 Å². The van der Waals surface area contributed by atoms with Crippen LogP contribution < -0.4 is 5.32 Å². The van der Waals surface area contributed by atoms with Gasteiger partial charge in [-0.2, -0.15) is 0 Å². The lowest BCUT2D eigenvalue weighted by Gasteiger charge is -2.04. The van der Waals surface area contributed by atoms with E-state index in [4.69, 9.17) is 4.42 Å². The molecule has 31 heavy (non-hydrogen) atoms. The molecule has 1 amide bonds. The lowest BCUT2D eigenvalue weighted by molar-refractivity contribution is 0.0950. The van der Waals surface area contributed by atoms with E-state index in [0.29, 0.717) is 29.5 Å². The lowest BCUT2D eigenvalue weighted by atomic mass is 10.1. The number of hydrogen-bond acceptors (Lipinski definition) is 5. The predicted octanol–water partition coefficient (Wildman–Crippen LogP) is 3.92. The Bertz CT molecular complexity index is 1200. The highest BCUT2D eigenvalue weighted by molar-refractivity contribution is 7.84. The fourth-order valence-electron chi connectivity index (χ4n) is 3.01. The van der Waals surface area contributed by atoms with E-state index in [0.717, 1.165) is 21.7 Å². The minimum Gasteiger partial charge on any atom is -0.441 e. The number of carbonyl (C=O) groups excluding carboxylic acids is 1. The Labute approximate surface area is 182 Å². The molecule has 0 radical (unpaired) electrons. The largest absolute Gasteiger partial charge is 0.441 e. The number of aryl methyl sites for hydroxylation is 2. The van der Waals surface area contributed by atoms with Crippen LogP contribution in [0.3, 0.4) is 0 Å². The van der Waals surface area contributed by atoms with Crippen LogP contribution in [0.15, 0.2) is 70.4 Å². The van der Waals surface area contributed by atoms with Crippen LogP contribution in [0.2, 0.25) is 0 Å². The van der Waals surface area contributed by atoms with Gasteiger partial charge in [0.15, 0.2) is 0 Å². The number of H-pyrrole nitrogens is 1. The van der Waals surface area contributed by atoms with Gasteiger partial charge in [0.25, 0.3) is 5.91 Å². The third-order valence-corrected chi connectivity index (χ3v) is 6.17. The molecule has 2 aromatic carbocycles. The highest BCUT2D eigenvalue weighted by atomic mass is 32.2. The van der Waals surface area contributed by atoms with Crippen LogP contribution in [-0.4, -0.2) is 25.1 Å². The predicted molar refractivity (Wildman–Crippen MR) is 118 cm³/mol. The van der Waals surface area contributed by atoms with Crippen molar-refractivity contribution in [2.24, 2.45) is 0 Å². The van der Waals surface area contributed by atoms with Crippen molar-refractivity contribution in [2.75, 3.05) is 0 Å². The van der Waals surface area contributed by atoms with Crippen molar-refractivity contribution in [3.63, 3.8) is 0 Å². The summed E-state index contributed by atoms with van der Waals surface area (Å²) >= 11 is 0. The summed E-state index contributed by atoms with van der Waals surface area (Å²) in [6, 6.07) is 14.7. The van der Waals surface area contributed by atoms with Crippen LogP contribution in [-0.2, 0) is 23.1 Å². The Morgan fingerprint density at radius 1 is 1.10 bits per heavy atom. The van der Waals surface area contributed by atoms with Crippen molar-refractivity contribution in [2.45, 2.75) is 31.0 Å². The number of nitrogens with zero attached hydrogens (tertiary/aromatic N) is 2. The number of aromatic amines is 1. The van der Waals surface area contributed by atoms with E-state index in [2.05, 4.69) is 20.3 Å². The lowest BCUT2D eigenvalue weighted by Crippen LogP contribution is -2.22. The van der Waals surface area contributed by atoms with Gasteiger partial charge >= 0.3 is 0 Å². The maximum atomic E-state index is 12.7. The number of carbonyl (C=O) groups is 1. The fraction of sp³-hybridized carbons (Fsp3) is 0.174. The molecular weight excluding hydrogens is 412 g/mol. The second-order valence-electron chi connectivity index (χ2n) is 7.16. The summed E-state index contributed by atoms with van der Waals surface area (Å²) in [5, 5.41) is 2.83. The van der Waals surface area contributed by atoms with Crippen molar-refractivity contribution in [1.82, 2.24) is 20.3 Å². The second-order valence-corrected chi connectivity index (χ2v) is 8.61. The molecule has 2 heterocycles. The van der Waals surface area contributed by atoms with E-state index in [1.54, 1.807) is 36.8 Å². The van der Waals surface area contributed by atoms with Gasteiger partial charge < -0.3 is 14.7 Å². The Morgan fingerprint density at radius 2 is 1.84 bits per heavy atom. The van der Waals surface area contributed by atoms with E-state index in [9.17, 15) is 9.00 Å². The molecule has 4 rings (SSSR count). The summed E-state index contributed by atoms with van der Waals surface area (Å²) in [7, 11) is -1.20. The zero-order valence-corrected chi connectivity index (χ0v) is 18.0. The van der Waals surface area contributed by atoms with E-state index >= 15 is 0 Å². The zero-order valence-electron chi connectivity index (χ0n) is 17.2. The molecule has 0 saturated carbocycles. The van der Waals surface area contributed by atoms with E-state index < -0.39 is 10.8 Å². The number of aromatic nitrogens is 3. The van der Waals surface area contributed by atoms with Crippen LogP contribution in [0.4, 0.5) is 0 Å². The molecule has 0 aliphatic carbocycles. The average molecular weight is 435 g/mol. The molecule has 2 aromatic heterocycles. The number of imidazole rings is 1. The molecule has 0 fully saturated rings. The standard InChI is InChI=1S/C23H22N4O3S/c1-15-3-9-20(10-4-15)31(29)13-21-16(2)30-23(27-21)18-7-5-17(6-8-18)22(28)25-12-19-11-24-14-26-19/h3-11,14H,12-13H2,1-2H3,(H,24,26)(H,25,28). The Hall–Kier alpha value is -3.52. The highest BCUT2D eigenvalue weighted by Gasteiger charge is 2.16. The van der Waals surface area contributed by atoms with Crippen molar-refractivity contribution < 1.29 is 13.4 Å². The summed E-state index contributed by atoms with van der Waals surface area (Å²) in [4.78, 5) is 24.5. The number of amides is 1. The number of hydrogen-bond donors (Lipinski definition) is 2.